The third-order valence-corrected chi connectivity index (χ3v) is 4.50. The molecule has 4 nitrogen and oxygen atoms in total. The number of carbonyl (C=O) groups is 1. The number of hydrogen-bond acceptors (Lipinski definition) is 4. The Hall–Kier alpha value is -1.60. The van der Waals surface area contributed by atoms with Crippen molar-refractivity contribution < 1.29 is 13.6 Å². The molecule has 7 heteroatoms. The molecule has 1 fully saturated rings. The summed E-state index contributed by atoms with van der Waals surface area (Å²) in [6, 6.07) is 7.03. The first-order chi connectivity index (χ1) is 10.0. The molecule has 0 radical (unpaired) electrons. The van der Waals surface area contributed by atoms with Gasteiger partial charge in [0.15, 0.2) is 0 Å². The number of thiazole rings is 1. The lowest BCUT2D eigenvalue weighted by molar-refractivity contribution is -0.123. The molecular weight excluding hydrogens is 296 g/mol. The van der Waals surface area contributed by atoms with E-state index in [9.17, 15) is 13.6 Å². The summed E-state index contributed by atoms with van der Waals surface area (Å²) in [6.45, 7) is -0.0225. The molecule has 112 valence electrons. The highest BCUT2D eigenvalue weighted by molar-refractivity contribution is 7.18. The van der Waals surface area contributed by atoms with Crippen molar-refractivity contribution in [1.29, 1.82) is 0 Å². The first-order valence-electron chi connectivity index (χ1n) is 6.77. The van der Waals surface area contributed by atoms with E-state index in [1.165, 1.54) is 0 Å². The highest BCUT2D eigenvalue weighted by Gasteiger charge is 2.42. The van der Waals surface area contributed by atoms with Crippen LogP contribution in [0.1, 0.15) is 11.4 Å². The van der Waals surface area contributed by atoms with Crippen molar-refractivity contribution in [3.05, 3.63) is 29.3 Å². The maximum Gasteiger partial charge on any atom is 0.262 e. The van der Waals surface area contributed by atoms with Gasteiger partial charge in [-0.3, -0.25) is 10.1 Å². The predicted octanol–water partition coefficient (Wildman–Crippen LogP) is 1.95. The van der Waals surface area contributed by atoms with Crippen molar-refractivity contribution in [3.8, 4) is 0 Å². The summed E-state index contributed by atoms with van der Waals surface area (Å²) in [5.74, 6) is -3.15. The van der Waals surface area contributed by atoms with Gasteiger partial charge in [0.2, 0.25) is 5.91 Å². The molecule has 0 spiro atoms. The van der Waals surface area contributed by atoms with E-state index >= 15 is 0 Å². The maximum atomic E-state index is 13.0. The maximum absolute atomic E-state index is 13.0. The second kappa shape index (κ2) is 5.65. The number of alkyl halides is 2. The molecular formula is C14H15F2N3OS. The Balaban J connectivity index is 1.51. The van der Waals surface area contributed by atoms with Crippen molar-refractivity contribution in [2.45, 2.75) is 24.8 Å². The summed E-state index contributed by atoms with van der Waals surface area (Å²) in [5, 5.41) is 6.16. The average molecular weight is 311 g/mol. The first kappa shape index (κ1) is 14.3. The van der Waals surface area contributed by atoms with Crippen LogP contribution in [0.3, 0.4) is 0 Å². The molecule has 0 saturated carbocycles. The number of carbonyl (C=O) groups excluding carboxylic acids is 1. The Bertz CT molecular complexity index is 625. The molecule has 2 heterocycles. The molecule has 21 heavy (non-hydrogen) atoms. The van der Waals surface area contributed by atoms with Crippen LogP contribution in [0, 0.1) is 0 Å². The number of nitrogens with one attached hydrogen (secondary N) is 2. The van der Waals surface area contributed by atoms with E-state index in [0.717, 1.165) is 15.2 Å². The summed E-state index contributed by atoms with van der Waals surface area (Å²) in [7, 11) is 0. The molecule has 1 aliphatic rings. The summed E-state index contributed by atoms with van der Waals surface area (Å²) >= 11 is 1.58. The molecule has 1 aromatic heterocycles. The Labute approximate surface area is 124 Å². The third kappa shape index (κ3) is 3.36. The van der Waals surface area contributed by atoms with Crippen LogP contribution in [-0.4, -0.2) is 35.9 Å². The van der Waals surface area contributed by atoms with Gasteiger partial charge in [-0.2, -0.15) is 0 Å². The zero-order chi connectivity index (χ0) is 14.9. The number of rotatable bonds is 4. The molecule has 2 N–H and O–H groups in total. The van der Waals surface area contributed by atoms with E-state index in [1.807, 2.05) is 24.3 Å². The minimum atomic E-state index is -2.78. The van der Waals surface area contributed by atoms with Crippen LogP contribution in [0.15, 0.2) is 24.3 Å². The number of amides is 1. The van der Waals surface area contributed by atoms with Crippen LogP contribution in [0.25, 0.3) is 10.2 Å². The Morgan fingerprint density at radius 2 is 2.29 bits per heavy atom. The second-order valence-electron chi connectivity index (χ2n) is 5.11. The van der Waals surface area contributed by atoms with E-state index in [2.05, 4.69) is 15.6 Å². The van der Waals surface area contributed by atoms with Crippen LogP contribution >= 0.6 is 11.3 Å². The molecule has 1 saturated heterocycles. The van der Waals surface area contributed by atoms with Gasteiger partial charge in [0.05, 0.1) is 27.8 Å². The Morgan fingerprint density at radius 1 is 1.48 bits per heavy atom. The predicted molar refractivity (Wildman–Crippen MR) is 77.7 cm³/mol. The Morgan fingerprint density at radius 3 is 3.00 bits per heavy atom. The molecule has 2 aromatic rings. The van der Waals surface area contributed by atoms with E-state index in [4.69, 9.17) is 0 Å². The van der Waals surface area contributed by atoms with Crippen molar-refractivity contribution in [3.63, 3.8) is 0 Å². The van der Waals surface area contributed by atoms with E-state index in [0.29, 0.717) is 13.0 Å². The quantitative estimate of drug-likeness (QED) is 0.907. The van der Waals surface area contributed by atoms with Gasteiger partial charge in [-0.15, -0.1) is 11.3 Å². The Kier molecular flexibility index (Phi) is 3.86. The number of nitrogens with zero attached hydrogens (tertiary/aromatic N) is 1. The van der Waals surface area contributed by atoms with Crippen LogP contribution in [0.5, 0.6) is 0 Å². The topological polar surface area (TPSA) is 54.0 Å². The van der Waals surface area contributed by atoms with Gasteiger partial charge in [-0.1, -0.05) is 12.1 Å². The lowest BCUT2D eigenvalue weighted by atomic mass is 10.2. The van der Waals surface area contributed by atoms with Crippen LogP contribution < -0.4 is 10.6 Å². The zero-order valence-corrected chi connectivity index (χ0v) is 12.1. The number of benzene rings is 1. The molecule has 1 amide bonds. The number of fused-ring (bicyclic) bond motifs is 1. The molecule has 0 bridgehead atoms. The van der Waals surface area contributed by atoms with Crippen molar-refractivity contribution in [2.75, 3.05) is 13.1 Å². The van der Waals surface area contributed by atoms with Crippen molar-refractivity contribution >= 4 is 27.5 Å². The monoisotopic (exact) mass is 311 g/mol. The molecule has 1 atom stereocenters. The van der Waals surface area contributed by atoms with Gasteiger partial charge in [-0.05, 0) is 12.1 Å². The second-order valence-corrected chi connectivity index (χ2v) is 6.23. The van der Waals surface area contributed by atoms with Gasteiger partial charge < -0.3 is 5.32 Å². The molecule has 3 rings (SSSR count). The highest BCUT2D eigenvalue weighted by atomic mass is 32.1. The average Bonchev–Trinajstić information content (AvgIpc) is 3.01. The van der Waals surface area contributed by atoms with Crippen LogP contribution in [0.4, 0.5) is 8.78 Å². The normalized spacial score (nSPS) is 20.8. The summed E-state index contributed by atoms with van der Waals surface area (Å²) in [4.78, 5) is 16.2. The smallest absolute Gasteiger partial charge is 0.262 e. The van der Waals surface area contributed by atoms with Crippen LogP contribution in [0.2, 0.25) is 0 Å². The largest absolute Gasteiger partial charge is 0.354 e. The first-order valence-corrected chi connectivity index (χ1v) is 7.58. The number of halogens is 2. The summed E-state index contributed by atoms with van der Waals surface area (Å²) in [6.07, 6.45) is 0.175. The highest BCUT2D eigenvalue weighted by Crippen LogP contribution is 2.25. The molecule has 1 unspecified atom stereocenters. The van der Waals surface area contributed by atoms with Gasteiger partial charge in [0, 0.05) is 19.4 Å². The number of para-hydroxylation sites is 1. The molecule has 0 aliphatic carbocycles. The number of hydrogen-bond donors (Lipinski definition) is 2. The lowest BCUT2D eigenvalue weighted by Crippen LogP contribution is -2.41. The zero-order valence-electron chi connectivity index (χ0n) is 11.2. The van der Waals surface area contributed by atoms with Gasteiger partial charge >= 0.3 is 0 Å². The lowest BCUT2D eigenvalue weighted by Gasteiger charge is -2.10. The van der Waals surface area contributed by atoms with Crippen molar-refractivity contribution in [2.24, 2.45) is 0 Å². The fourth-order valence-electron chi connectivity index (χ4n) is 2.34. The van der Waals surface area contributed by atoms with E-state index in [1.54, 1.807) is 11.3 Å². The van der Waals surface area contributed by atoms with Crippen LogP contribution in [-0.2, 0) is 11.2 Å². The summed E-state index contributed by atoms with van der Waals surface area (Å²) < 4.78 is 27.1. The van der Waals surface area contributed by atoms with Gasteiger partial charge in [-0.25, -0.2) is 13.8 Å². The fourth-order valence-corrected chi connectivity index (χ4v) is 3.31. The number of aromatic nitrogens is 1. The van der Waals surface area contributed by atoms with E-state index in [-0.39, 0.29) is 5.91 Å². The molecule has 1 aliphatic heterocycles. The minimum Gasteiger partial charge on any atom is -0.354 e. The SMILES string of the molecule is O=C(NCCc1nc2ccccc2s1)C1CC(F)(F)CN1. The van der Waals surface area contributed by atoms with E-state index < -0.39 is 24.9 Å². The standard InChI is InChI=1S/C14H15F2N3OS/c15-14(16)7-10(18-8-14)13(20)17-6-5-12-19-9-3-1-2-4-11(9)21-12/h1-4,10,18H,5-8H2,(H,17,20). The van der Waals surface area contributed by atoms with Gasteiger partial charge in [0.25, 0.3) is 5.92 Å². The summed E-state index contributed by atoms with van der Waals surface area (Å²) in [5.41, 5.74) is 0.945. The molecule has 1 aromatic carbocycles. The fraction of sp³-hybridized carbons (Fsp3) is 0.429. The van der Waals surface area contributed by atoms with Gasteiger partial charge in [0.1, 0.15) is 0 Å². The van der Waals surface area contributed by atoms with Crippen molar-refractivity contribution in [1.82, 2.24) is 15.6 Å². The third-order valence-electron chi connectivity index (χ3n) is 3.40. The minimum absolute atomic E-state index is 0.367.